The summed E-state index contributed by atoms with van der Waals surface area (Å²) in [6.45, 7) is 0. The van der Waals surface area contributed by atoms with Crippen LogP contribution in [0, 0.1) is 0 Å². The van der Waals surface area contributed by atoms with Crippen LogP contribution in [0.1, 0.15) is 0 Å². The standard InChI is InChI=1S/C21H14N4/c1-2-9-16(10-3-1)25-21-17(14-15-8-4-5-11-18(15)23-21)20(24-25)19-12-6-7-13-22-19/h1-14H. The number of rotatable bonds is 2. The molecular weight excluding hydrogens is 308 g/mol. The molecule has 3 heterocycles. The van der Waals surface area contributed by atoms with Crippen molar-refractivity contribution in [1.82, 2.24) is 19.7 Å². The van der Waals surface area contributed by atoms with Crippen molar-refractivity contribution in [3.63, 3.8) is 0 Å². The largest absolute Gasteiger partial charge is 0.255 e. The first-order chi connectivity index (χ1) is 12.4. The minimum Gasteiger partial charge on any atom is -0.255 e. The normalized spacial score (nSPS) is 11.2. The van der Waals surface area contributed by atoms with Crippen LogP contribution in [0.25, 0.3) is 39.0 Å². The highest BCUT2D eigenvalue weighted by molar-refractivity contribution is 5.98. The Balaban J connectivity index is 1.89. The van der Waals surface area contributed by atoms with Crippen LogP contribution in [0.2, 0.25) is 0 Å². The zero-order chi connectivity index (χ0) is 16.6. The lowest BCUT2D eigenvalue weighted by Crippen LogP contribution is -1.97. The van der Waals surface area contributed by atoms with Gasteiger partial charge in [0.15, 0.2) is 5.65 Å². The molecule has 0 aliphatic heterocycles. The first kappa shape index (κ1) is 13.9. The Morgan fingerprint density at radius 3 is 2.40 bits per heavy atom. The zero-order valence-electron chi connectivity index (χ0n) is 13.4. The maximum Gasteiger partial charge on any atom is 0.164 e. The molecule has 0 unspecified atom stereocenters. The highest BCUT2D eigenvalue weighted by Gasteiger charge is 2.16. The van der Waals surface area contributed by atoms with E-state index < -0.39 is 0 Å². The van der Waals surface area contributed by atoms with Crippen molar-refractivity contribution < 1.29 is 0 Å². The first-order valence-corrected chi connectivity index (χ1v) is 8.15. The molecule has 0 N–H and O–H groups in total. The molecule has 0 bridgehead atoms. The van der Waals surface area contributed by atoms with E-state index in [1.807, 2.05) is 71.4 Å². The second-order valence-electron chi connectivity index (χ2n) is 5.86. The Hall–Kier alpha value is -3.53. The lowest BCUT2D eigenvalue weighted by atomic mass is 10.1. The summed E-state index contributed by atoms with van der Waals surface area (Å²) in [5.41, 5.74) is 4.47. The van der Waals surface area contributed by atoms with Gasteiger partial charge in [-0.15, -0.1) is 0 Å². The van der Waals surface area contributed by atoms with Gasteiger partial charge in [0.2, 0.25) is 0 Å². The van der Waals surface area contributed by atoms with Crippen molar-refractivity contribution in [1.29, 1.82) is 0 Å². The van der Waals surface area contributed by atoms with Crippen LogP contribution in [-0.4, -0.2) is 19.7 Å². The molecule has 0 fully saturated rings. The molecule has 2 aromatic carbocycles. The van der Waals surface area contributed by atoms with Crippen LogP contribution >= 0.6 is 0 Å². The molecule has 0 saturated carbocycles. The van der Waals surface area contributed by atoms with Crippen molar-refractivity contribution >= 4 is 21.9 Å². The van der Waals surface area contributed by atoms with E-state index in [9.17, 15) is 0 Å². The number of benzene rings is 2. The molecule has 4 heteroatoms. The number of hydrogen-bond donors (Lipinski definition) is 0. The van der Waals surface area contributed by atoms with Gasteiger partial charge < -0.3 is 0 Å². The molecule has 118 valence electrons. The number of pyridine rings is 2. The Morgan fingerprint density at radius 2 is 1.56 bits per heavy atom. The fourth-order valence-corrected chi connectivity index (χ4v) is 3.08. The summed E-state index contributed by atoms with van der Waals surface area (Å²) < 4.78 is 1.89. The van der Waals surface area contributed by atoms with Gasteiger partial charge in [0.05, 0.1) is 16.9 Å². The smallest absolute Gasteiger partial charge is 0.164 e. The van der Waals surface area contributed by atoms with Crippen LogP contribution in [0.3, 0.4) is 0 Å². The third kappa shape index (κ3) is 2.27. The molecule has 0 saturated heterocycles. The summed E-state index contributed by atoms with van der Waals surface area (Å²) in [6, 6.07) is 26.2. The number of hydrogen-bond acceptors (Lipinski definition) is 3. The first-order valence-electron chi connectivity index (χ1n) is 8.15. The van der Waals surface area contributed by atoms with Crippen molar-refractivity contribution in [3.8, 4) is 17.1 Å². The Kier molecular flexibility index (Phi) is 3.07. The van der Waals surface area contributed by atoms with Crippen molar-refractivity contribution in [2.24, 2.45) is 0 Å². The van der Waals surface area contributed by atoms with Gasteiger partial charge in [0.1, 0.15) is 5.69 Å². The summed E-state index contributed by atoms with van der Waals surface area (Å²) in [6.07, 6.45) is 1.79. The quantitative estimate of drug-likeness (QED) is 0.476. The number of para-hydroxylation sites is 2. The zero-order valence-corrected chi connectivity index (χ0v) is 13.4. The van der Waals surface area contributed by atoms with Crippen LogP contribution in [0.15, 0.2) is 85.1 Å². The molecule has 0 amide bonds. The van der Waals surface area contributed by atoms with E-state index in [1.54, 1.807) is 6.20 Å². The summed E-state index contributed by atoms with van der Waals surface area (Å²) in [7, 11) is 0. The Labute approximate surface area is 144 Å². The lowest BCUT2D eigenvalue weighted by Gasteiger charge is -2.03. The van der Waals surface area contributed by atoms with Gasteiger partial charge in [0.25, 0.3) is 0 Å². The fraction of sp³-hybridized carbons (Fsp3) is 0. The van der Waals surface area contributed by atoms with E-state index in [0.717, 1.165) is 39.0 Å². The number of aromatic nitrogens is 4. The van der Waals surface area contributed by atoms with Crippen LogP contribution < -0.4 is 0 Å². The molecule has 5 rings (SSSR count). The van der Waals surface area contributed by atoms with Gasteiger partial charge in [0, 0.05) is 17.0 Å². The molecular formula is C21H14N4. The maximum absolute atomic E-state index is 4.87. The summed E-state index contributed by atoms with van der Waals surface area (Å²) >= 11 is 0. The van der Waals surface area contributed by atoms with Gasteiger partial charge in [-0.2, -0.15) is 5.10 Å². The molecule has 4 nitrogen and oxygen atoms in total. The molecule has 0 aliphatic carbocycles. The van der Waals surface area contributed by atoms with Crippen LogP contribution in [0.5, 0.6) is 0 Å². The highest BCUT2D eigenvalue weighted by Crippen LogP contribution is 2.30. The summed E-state index contributed by atoms with van der Waals surface area (Å²) in [4.78, 5) is 9.36. The fourth-order valence-electron chi connectivity index (χ4n) is 3.08. The van der Waals surface area contributed by atoms with E-state index in [0.29, 0.717) is 0 Å². The monoisotopic (exact) mass is 322 g/mol. The average molecular weight is 322 g/mol. The molecule has 0 radical (unpaired) electrons. The number of nitrogens with zero attached hydrogens (tertiary/aromatic N) is 4. The van der Waals surface area contributed by atoms with E-state index in [4.69, 9.17) is 10.1 Å². The van der Waals surface area contributed by atoms with Gasteiger partial charge in [-0.25, -0.2) is 9.67 Å². The molecule has 0 spiro atoms. The second-order valence-corrected chi connectivity index (χ2v) is 5.86. The predicted molar refractivity (Wildman–Crippen MR) is 99.6 cm³/mol. The number of fused-ring (bicyclic) bond motifs is 2. The summed E-state index contributed by atoms with van der Waals surface area (Å²) in [5, 5.41) is 6.94. The summed E-state index contributed by atoms with van der Waals surface area (Å²) in [5.74, 6) is 0. The third-order valence-corrected chi connectivity index (χ3v) is 4.27. The van der Waals surface area contributed by atoms with Gasteiger partial charge in [-0.05, 0) is 36.4 Å². The molecule has 0 atom stereocenters. The predicted octanol–water partition coefficient (Wildman–Crippen LogP) is 4.64. The second kappa shape index (κ2) is 5.53. The van der Waals surface area contributed by atoms with E-state index in [2.05, 4.69) is 17.1 Å². The van der Waals surface area contributed by atoms with Crippen molar-refractivity contribution in [2.45, 2.75) is 0 Å². The van der Waals surface area contributed by atoms with Crippen molar-refractivity contribution in [3.05, 3.63) is 85.1 Å². The molecule has 3 aromatic heterocycles. The van der Waals surface area contributed by atoms with E-state index in [1.165, 1.54) is 0 Å². The SMILES string of the molecule is c1ccc(-n2nc(-c3ccccn3)c3cc4ccccc4nc32)cc1. The van der Waals surface area contributed by atoms with Crippen molar-refractivity contribution in [2.75, 3.05) is 0 Å². The van der Waals surface area contributed by atoms with Gasteiger partial charge >= 0.3 is 0 Å². The minimum absolute atomic E-state index is 0.838. The van der Waals surface area contributed by atoms with Gasteiger partial charge in [-0.1, -0.05) is 42.5 Å². The molecule has 25 heavy (non-hydrogen) atoms. The van der Waals surface area contributed by atoms with E-state index >= 15 is 0 Å². The lowest BCUT2D eigenvalue weighted by molar-refractivity contribution is 0.901. The minimum atomic E-state index is 0.838. The Bertz CT molecular complexity index is 1090. The average Bonchev–Trinajstić information content (AvgIpc) is 3.06. The van der Waals surface area contributed by atoms with E-state index in [-0.39, 0.29) is 0 Å². The Morgan fingerprint density at radius 1 is 0.760 bits per heavy atom. The maximum atomic E-state index is 4.87. The molecule has 5 aromatic rings. The topological polar surface area (TPSA) is 43.6 Å². The van der Waals surface area contributed by atoms with Crippen LogP contribution in [0.4, 0.5) is 0 Å². The van der Waals surface area contributed by atoms with Gasteiger partial charge in [-0.3, -0.25) is 4.98 Å². The highest BCUT2D eigenvalue weighted by atomic mass is 15.3. The molecule has 0 aliphatic rings. The van der Waals surface area contributed by atoms with Crippen LogP contribution in [-0.2, 0) is 0 Å². The third-order valence-electron chi connectivity index (χ3n) is 4.27.